The predicted molar refractivity (Wildman–Crippen MR) is 258 cm³/mol. The molecule has 13 rings (SSSR count). The molecule has 0 bridgehead atoms. The number of nitrogens with zero attached hydrogens (tertiary/aromatic N) is 5. The van der Waals surface area contributed by atoms with Crippen molar-refractivity contribution < 1.29 is 4.42 Å². The minimum Gasteiger partial charge on any atom is -0.454 e. The summed E-state index contributed by atoms with van der Waals surface area (Å²) in [5, 5.41) is 6.74. The maximum Gasteiger partial charge on any atom is 0.164 e. The minimum atomic E-state index is 0.595. The van der Waals surface area contributed by atoms with Gasteiger partial charge in [-0.05, 0) is 65.7 Å². The van der Waals surface area contributed by atoms with Gasteiger partial charge in [-0.15, -0.1) is 0 Å². The third-order valence-electron chi connectivity index (χ3n) is 12.4. The molecule has 0 spiro atoms. The Morgan fingerprint density at radius 2 is 0.810 bits per heavy atom. The van der Waals surface area contributed by atoms with Gasteiger partial charge >= 0.3 is 0 Å². The van der Waals surface area contributed by atoms with E-state index < -0.39 is 0 Å². The fourth-order valence-corrected chi connectivity index (χ4v) is 9.49. The summed E-state index contributed by atoms with van der Waals surface area (Å²) in [6.07, 6.45) is 0. The Morgan fingerprint density at radius 1 is 0.317 bits per heavy atom. The molecule has 6 heteroatoms. The van der Waals surface area contributed by atoms with E-state index in [0.717, 1.165) is 82.9 Å². The molecule has 0 unspecified atom stereocenters. The molecule has 0 fully saturated rings. The van der Waals surface area contributed by atoms with Gasteiger partial charge in [-0.2, -0.15) is 0 Å². The molecule has 0 saturated heterocycles. The van der Waals surface area contributed by atoms with Crippen LogP contribution in [-0.4, -0.2) is 24.1 Å². The Bertz CT molecular complexity index is 3830. The van der Waals surface area contributed by atoms with Crippen molar-refractivity contribution in [1.82, 2.24) is 24.1 Å². The van der Waals surface area contributed by atoms with Gasteiger partial charge in [-0.3, -0.25) is 0 Å². The maximum absolute atomic E-state index is 6.97. The number of furan rings is 1. The highest BCUT2D eigenvalue weighted by Crippen LogP contribution is 2.44. The predicted octanol–water partition coefficient (Wildman–Crippen LogP) is 14.6. The number of hydrogen-bond acceptors (Lipinski definition) is 4. The van der Waals surface area contributed by atoms with Gasteiger partial charge < -0.3 is 13.6 Å². The normalized spacial score (nSPS) is 11.8. The maximum atomic E-state index is 6.97. The van der Waals surface area contributed by atoms with Gasteiger partial charge in [-0.1, -0.05) is 158 Å². The van der Waals surface area contributed by atoms with Gasteiger partial charge in [-0.25, -0.2) is 15.0 Å². The van der Waals surface area contributed by atoms with Crippen LogP contribution in [0.25, 0.3) is 122 Å². The summed E-state index contributed by atoms with van der Waals surface area (Å²) in [7, 11) is 0. The SMILES string of the molecule is c1ccc(-c2ccc(-c3nc(-c4ccccc4)nc(-c4ccc5oc6c(ccc7c8cccc(-n9c%10ccccc%10c%10ccccc%109)c8n(-c8ccccc8)c76)c5c4)n3)cc2)cc1. The fraction of sp³-hybridized carbons (Fsp3) is 0. The van der Waals surface area contributed by atoms with Crippen molar-refractivity contribution in [2.75, 3.05) is 0 Å². The molecule has 0 aliphatic carbocycles. The number of rotatable bonds is 6. The largest absolute Gasteiger partial charge is 0.454 e. The molecule has 294 valence electrons. The van der Waals surface area contributed by atoms with Crippen LogP contribution in [0.3, 0.4) is 0 Å². The highest BCUT2D eigenvalue weighted by molar-refractivity contribution is 6.23. The lowest BCUT2D eigenvalue weighted by molar-refractivity contribution is 0.671. The van der Waals surface area contributed by atoms with Crippen molar-refractivity contribution in [3.8, 4) is 56.7 Å². The summed E-state index contributed by atoms with van der Waals surface area (Å²) in [6.45, 7) is 0. The number of aromatic nitrogens is 5. The van der Waals surface area contributed by atoms with Crippen LogP contribution in [0.1, 0.15) is 0 Å². The highest BCUT2D eigenvalue weighted by atomic mass is 16.3. The van der Waals surface area contributed by atoms with Crippen LogP contribution in [0.5, 0.6) is 0 Å². The molecule has 0 saturated carbocycles. The zero-order valence-corrected chi connectivity index (χ0v) is 33.9. The molecule has 13 aromatic rings. The third kappa shape index (κ3) is 5.55. The first kappa shape index (κ1) is 35.2. The van der Waals surface area contributed by atoms with E-state index in [0.29, 0.717) is 17.5 Å². The first-order chi connectivity index (χ1) is 31.2. The summed E-state index contributed by atoms with van der Waals surface area (Å²) in [5.74, 6) is 1.83. The van der Waals surface area contributed by atoms with Crippen LogP contribution in [0.2, 0.25) is 0 Å². The lowest BCUT2D eigenvalue weighted by atomic mass is 10.0. The van der Waals surface area contributed by atoms with E-state index in [1.165, 1.54) is 21.8 Å². The molecule has 0 aliphatic rings. The first-order valence-electron chi connectivity index (χ1n) is 21.2. The fourth-order valence-electron chi connectivity index (χ4n) is 9.49. The van der Waals surface area contributed by atoms with E-state index in [4.69, 9.17) is 19.4 Å². The topological polar surface area (TPSA) is 61.7 Å². The van der Waals surface area contributed by atoms with E-state index in [-0.39, 0.29) is 0 Å². The smallest absolute Gasteiger partial charge is 0.164 e. The van der Waals surface area contributed by atoms with Gasteiger partial charge in [0.1, 0.15) is 5.58 Å². The van der Waals surface area contributed by atoms with Crippen LogP contribution >= 0.6 is 0 Å². The van der Waals surface area contributed by atoms with Crippen molar-refractivity contribution in [2.45, 2.75) is 0 Å². The summed E-state index contributed by atoms with van der Waals surface area (Å²) in [6, 6.07) is 74.3. The molecule has 0 amide bonds. The number of hydrogen-bond donors (Lipinski definition) is 0. The van der Waals surface area contributed by atoms with Crippen LogP contribution in [0, 0.1) is 0 Å². The Kier molecular flexibility index (Phi) is 7.80. The molecule has 9 aromatic carbocycles. The Morgan fingerprint density at radius 3 is 1.49 bits per heavy atom. The van der Waals surface area contributed by atoms with Gasteiger partial charge in [0.2, 0.25) is 0 Å². The van der Waals surface area contributed by atoms with Gasteiger partial charge in [0, 0.05) is 54.7 Å². The minimum absolute atomic E-state index is 0.595. The lowest BCUT2D eigenvalue weighted by Crippen LogP contribution is -2.00. The molecule has 0 N–H and O–H groups in total. The van der Waals surface area contributed by atoms with Crippen molar-refractivity contribution in [3.63, 3.8) is 0 Å². The second-order valence-corrected chi connectivity index (χ2v) is 16.0. The molecule has 0 aliphatic heterocycles. The standard InChI is InChI=1S/C57H35N5O/c1-4-15-36(16-5-1)37-27-29-39(30-28-37)56-58-55(38-17-6-2-7-18-38)59-57(60-56)40-31-34-51-47(35-40)46-33-32-45-44-23-14-26-50(52(44)61(53(45)54(46)63-51)41-19-8-3-9-20-41)62-48-24-12-10-21-42(48)43-22-11-13-25-49(43)62/h1-35H. The van der Waals surface area contributed by atoms with Crippen LogP contribution in [-0.2, 0) is 0 Å². The van der Waals surface area contributed by atoms with E-state index in [1.54, 1.807) is 0 Å². The summed E-state index contributed by atoms with van der Waals surface area (Å²) in [4.78, 5) is 15.2. The Balaban J connectivity index is 1.03. The molecule has 0 radical (unpaired) electrons. The highest BCUT2D eigenvalue weighted by Gasteiger charge is 2.24. The van der Waals surface area contributed by atoms with Crippen molar-refractivity contribution >= 4 is 65.6 Å². The van der Waals surface area contributed by atoms with Crippen molar-refractivity contribution in [3.05, 3.63) is 212 Å². The monoisotopic (exact) mass is 805 g/mol. The molecule has 0 atom stereocenters. The molecule has 63 heavy (non-hydrogen) atoms. The van der Waals surface area contributed by atoms with E-state index in [9.17, 15) is 0 Å². The number of benzene rings is 9. The Labute approximate surface area is 361 Å². The zero-order chi connectivity index (χ0) is 41.4. The lowest BCUT2D eigenvalue weighted by Gasteiger charge is -2.14. The van der Waals surface area contributed by atoms with Crippen LogP contribution in [0.4, 0.5) is 0 Å². The van der Waals surface area contributed by atoms with Crippen molar-refractivity contribution in [2.24, 2.45) is 0 Å². The van der Waals surface area contributed by atoms with E-state index in [2.05, 4.69) is 185 Å². The Hall–Kier alpha value is -8.61. The van der Waals surface area contributed by atoms with Crippen LogP contribution in [0.15, 0.2) is 217 Å². The van der Waals surface area contributed by atoms with Gasteiger partial charge in [0.25, 0.3) is 0 Å². The second kappa shape index (κ2) is 14.0. The summed E-state index contributed by atoms with van der Waals surface area (Å²) in [5.41, 5.74) is 13.3. The zero-order valence-electron chi connectivity index (χ0n) is 33.9. The van der Waals surface area contributed by atoms with Crippen molar-refractivity contribution in [1.29, 1.82) is 0 Å². The molecular formula is C57H35N5O. The van der Waals surface area contributed by atoms with Gasteiger partial charge in [0.15, 0.2) is 23.1 Å². The first-order valence-corrected chi connectivity index (χ1v) is 21.2. The van der Waals surface area contributed by atoms with E-state index >= 15 is 0 Å². The molecule has 4 heterocycles. The average Bonchev–Trinajstić information content (AvgIpc) is 4.02. The number of para-hydroxylation sites is 4. The second-order valence-electron chi connectivity index (χ2n) is 16.0. The third-order valence-corrected chi connectivity index (χ3v) is 12.4. The average molecular weight is 806 g/mol. The quantitative estimate of drug-likeness (QED) is 0.168. The molecule has 6 nitrogen and oxygen atoms in total. The summed E-state index contributed by atoms with van der Waals surface area (Å²) >= 11 is 0. The van der Waals surface area contributed by atoms with E-state index in [1.807, 2.05) is 36.4 Å². The molecular weight excluding hydrogens is 771 g/mol. The molecule has 4 aromatic heterocycles. The number of fused-ring (bicyclic) bond motifs is 10. The van der Waals surface area contributed by atoms with Crippen LogP contribution < -0.4 is 0 Å². The van der Waals surface area contributed by atoms with Gasteiger partial charge in [0.05, 0.1) is 27.8 Å². The summed E-state index contributed by atoms with van der Waals surface area (Å²) < 4.78 is 11.8.